The Morgan fingerprint density at radius 1 is 0.267 bits per heavy atom. The Kier molecular flexibility index (Phi) is 10.6. The minimum atomic E-state index is -4.64. The normalized spacial score (nSPS) is 35.8. The summed E-state index contributed by atoms with van der Waals surface area (Å²) in [6, 6.07) is 57.3. The van der Waals surface area contributed by atoms with E-state index in [4.69, 9.17) is 57.6 Å². The summed E-state index contributed by atoms with van der Waals surface area (Å²) in [5.41, 5.74) is 0. The van der Waals surface area contributed by atoms with Crippen LogP contribution in [0.5, 0.6) is 0 Å². The summed E-state index contributed by atoms with van der Waals surface area (Å²) in [6.45, 7) is 0. The van der Waals surface area contributed by atoms with Gasteiger partial charge in [-0.3, -0.25) is 0 Å². The first kappa shape index (κ1) is 39.8. The number of rotatable bonds is 6. The van der Waals surface area contributed by atoms with Gasteiger partial charge in [-0.1, -0.05) is 182 Å². The van der Waals surface area contributed by atoms with E-state index in [0.717, 1.165) is 0 Å². The number of hydrogen-bond donors (Lipinski definition) is 0. The van der Waals surface area contributed by atoms with Crippen LogP contribution in [-0.4, -0.2) is 91.9 Å². The van der Waals surface area contributed by atoms with Crippen LogP contribution in [0.15, 0.2) is 182 Å². The molecular formula is C36H36O14Si10. The van der Waals surface area contributed by atoms with E-state index in [2.05, 4.69) is 0 Å². The van der Waals surface area contributed by atoms with Crippen molar-refractivity contribution in [2.75, 3.05) is 0 Å². The molecule has 8 unspecified atom stereocenters. The fourth-order valence-corrected chi connectivity index (χ4v) is 53.0. The Balaban J connectivity index is 1.30. The Morgan fingerprint density at radius 3 is 1.03 bits per heavy atom. The van der Waals surface area contributed by atoms with Gasteiger partial charge in [0.1, 0.15) is 0 Å². The maximum Gasteiger partial charge on any atom is 0.515 e. The summed E-state index contributed by atoms with van der Waals surface area (Å²) in [6.07, 6.45) is 0. The van der Waals surface area contributed by atoms with E-state index in [0.29, 0.717) is 31.1 Å². The molecule has 0 aliphatic carbocycles. The largest absolute Gasteiger partial charge is 0.515 e. The molecule has 0 saturated carbocycles. The highest BCUT2D eigenvalue weighted by atomic mass is 28.6. The summed E-state index contributed by atoms with van der Waals surface area (Å²) in [5, 5.41) is 3.65. The molecule has 8 atom stereocenters. The van der Waals surface area contributed by atoms with Crippen LogP contribution in [0.4, 0.5) is 0 Å². The fourth-order valence-electron chi connectivity index (χ4n) is 7.53. The maximum atomic E-state index is 7.86. The summed E-state index contributed by atoms with van der Waals surface area (Å²) in [5.74, 6) is 0. The van der Waals surface area contributed by atoms with Crippen LogP contribution in [0, 0.1) is 0 Å². The van der Waals surface area contributed by atoms with Gasteiger partial charge in [-0.05, 0) is 0 Å². The average molecular weight is 974 g/mol. The number of fused-ring (bicyclic) bond motifs is 4. The second-order valence-corrected chi connectivity index (χ2v) is 39.4. The van der Waals surface area contributed by atoms with E-state index in [1.807, 2.05) is 182 Å². The zero-order chi connectivity index (χ0) is 40.1. The van der Waals surface area contributed by atoms with Crippen LogP contribution in [-0.2, 0) is 57.6 Å². The SMILES string of the molecule is c1ccc([Si]23O[SiH2]O[SiH]4O[Si]5(c6ccccc6)O[SiH](O2)O[Si]2(c6ccccc6)O[SiH2]O[Si](c6ccccc6)(O5)O[Si](c5ccccc5)(O4)O[Si](c4ccccc4)(O3)O2)cc1. The van der Waals surface area contributed by atoms with Gasteiger partial charge in [0.15, 0.2) is 0 Å². The third-order valence-electron chi connectivity index (χ3n) is 10.3. The zero-order valence-corrected chi connectivity index (χ0v) is 42.7. The van der Waals surface area contributed by atoms with Crippen molar-refractivity contribution in [2.24, 2.45) is 0 Å². The molecule has 8 bridgehead atoms. The first-order chi connectivity index (χ1) is 29.4. The molecule has 304 valence electrons. The van der Waals surface area contributed by atoms with Gasteiger partial charge in [-0.2, -0.15) is 0 Å². The van der Waals surface area contributed by atoms with Crippen LogP contribution in [0.3, 0.4) is 0 Å². The Bertz CT molecular complexity index is 2430. The van der Waals surface area contributed by atoms with Crippen molar-refractivity contribution >= 4 is 123 Å². The first-order valence-corrected chi connectivity index (χ1v) is 34.7. The van der Waals surface area contributed by atoms with Gasteiger partial charge in [-0.25, -0.2) is 0 Å². The number of hydrogen-bond acceptors (Lipinski definition) is 14. The molecule has 6 aromatic carbocycles. The highest BCUT2D eigenvalue weighted by Crippen LogP contribution is 2.39. The molecule has 6 heterocycles. The number of benzene rings is 6. The lowest BCUT2D eigenvalue weighted by Gasteiger charge is -2.55. The lowest BCUT2D eigenvalue weighted by molar-refractivity contribution is 0.0430. The van der Waals surface area contributed by atoms with E-state index in [9.17, 15) is 0 Å². The predicted molar refractivity (Wildman–Crippen MR) is 238 cm³/mol. The van der Waals surface area contributed by atoms with Crippen LogP contribution in [0.25, 0.3) is 0 Å². The highest BCUT2D eigenvalue weighted by Gasteiger charge is 2.76. The molecule has 6 aliphatic rings. The lowest BCUT2D eigenvalue weighted by atomic mass is 10.4. The van der Waals surface area contributed by atoms with E-state index in [-0.39, 0.29) is 0 Å². The first-order valence-electron chi connectivity index (χ1n) is 19.2. The summed E-state index contributed by atoms with van der Waals surface area (Å²) >= 11 is 0. The Labute approximate surface area is 360 Å². The third kappa shape index (κ3) is 7.01. The molecule has 6 aliphatic heterocycles. The molecule has 6 aromatic rings. The van der Waals surface area contributed by atoms with Gasteiger partial charge < -0.3 is 57.6 Å². The van der Waals surface area contributed by atoms with Crippen LogP contribution < -0.4 is 31.1 Å². The molecule has 24 heteroatoms. The molecule has 6 saturated heterocycles. The molecule has 0 radical (unpaired) electrons. The van der Waals surface area contributed by atoms with E-state index in [1.54, 1.807) is 0 Å². The molecule has 0 amide bonds. The third-order valence-corrected chi connectivity index (χ3v) is 45.0. The smallest absolute Gasteiger partial charge is 0.401 e. The molecule has 0 N–H and O–H groups in total. The van der Waals surface area contributed by atoms with Crippen molar-refractivity contribution in [3.05, 3.63) is 182 Å². The van der Waals surface area contributed by atoms with Gasteiger partial charge in [0.2, 0.25) is 0 Å². The van der Waals surface area contributed by atoms with Gasteiger partial charge in [-0.15, -0.1) is 0 Å². The minimum Gasteiger partial charge on any atom is -0.401 e. The molecule has 60 heavy (non-hydrogen) atoms. The molecule has 0 spiro atoms. The van der Waals surface area contributed by atoms with Crippen molar-refractivity contribution in [3.8, 4) is 0 Å². The average Bonchev–Trinajstić information content (AvgIpc) is 3.29. The van der Waals surface area contributed by atoms with Gasteiger partial charge in [0, 0.05) is 31.1 Å². The fraction of sp³-hybridized carbons (Fsp3) is 0. The maximum absolute atomic E-state index is 7.86. The topological polar surface area (TPSA) is 129 Å². The predicted octanol–water partition coefficient (Wildman–Crippen LogP) is -1.20. The zero-order valence-electron chi connectivity index (χ0n) is 31.6. The minimum absolute atomic E-state index is 0.575. The van der Waals surface area contributed by atoms with Crippen molar-refractivity contribution in [2.45, 2.75) is 0 Å². The van der Waals surface area contributed by atoms with Crippen molar-refractivity contribution in [3.63, 3.8) is 0 Å². The van der Waals surface area contributed by atoms with Gasteiger partial charge in [0.05, 0.1) is 0 Å². The van der Waals surface area contributed by atoms with Gasteiger partial charge >= 0.3 is 71.9 Å². The van der Waals surface area contributed by atoms with Crippen LogP contribution in [0.1, 0.15) is 0 Å². The molecule has 0 aromatic heterocycles. The van der Waals surface area contributed by atoms with E-state index < -0.39 is 91.9 Å². The summed E-state index contributed by atoms with van der Waals surface area (Å²) in [4.78, 5) is 0. The van der Waals surface area contributed by atoms with Crippen molar-refractivity contribution in [1.29, 1.82) is 0 Å². The second kappa shape index (κ2) is 15.9. The quantitative estimate of drug-likeness (QED) is 0.186. The highest BCUT2D eigenvalue weighted by molar-refractivity contribution is 7.06. The molecule has 6 fully saturated rings. The summed E-state index contributed by atoms with van der Waals surface area (Å²) < 4.78 is 104. The Morgan fingerprint density at radius 2 is 0.550 bits per heavy atom. The van der Waals surface area contributed by atoms with Gasteiger partial charge in [0.25, 0.3) is 20.0 Å². The summed E-state index contributed by atoms with van der Waals surface area (Å²) in [7, 11) is -38.0. The Hall–Kier alpha value is -3.07. The standard InChI is InChI=1S/C36H36O14Si10/c1-7-19-31(20-8-1)55-38-51-37-53-41-58(34-25-13-4-14-26-34)45-54(43-55)44-56(32-21-9-2-10-22-32)39-52-40-57(48-58,33-23-11-3-12-24-33)49-59(42-53,35-27-15-5-16-28-35)50-60(46-55,47-56)36-29-17-6-18-30-36/h1-30,53-54H,51-52H2. The van der Waals surface area contributed by atoms with E-state index in [1.165, 1.54) is 0 Å². The molecular weight excluding hydrogens is 937 g/mol. The molecule has 12 rings (SSSR count). The van der Waals surface area contributed by atoms with Crippen LogP contribution >= 0.6 is 0 Å². The van der Waals surface area contributed by atoms with Crippen LogP contribution in [0.2, 0.25) is 0 Å². The van der Waals surface area contributed by atoms with Crippen molar-refractivity contribution < 1.29 is 57.6 Å². The van der Waals surface area contributed by atoms with Crippen molar-refractivity contribution in [1.82, 2.24) is 0 Å². The lowest BCUT2D eigenvalue weighted by Crippen LogP contribution is -2.87. The molecule has 14 nitrogen and oxygen atoms in total. The second-order valence-electron chi connectivity index (χ2n) is 14.0. The van der Waals surface area contributed by atoms with E-state index >= 15 is 0 Å². The monoisotopic (exact) mass is 972 g/mol.